The SMILES string of the molecule is CC1CCCC1C(=O)NCC(C)(O)CO. The third-order valence-corrected chi connectivity index (χ3v) is 3.18. The molecular formula is C11H21NO3. The van der Waals surface area contributed by atoms with E-state index < -0.39 is 5.60 Å². The Balaban J connectivity index is 2.36. The first-order chi connectivity index (χ1) is 6.96. The molecule has 1 saturated carbocycles. The number of hydrogen-bond donors (Lipinski definition) is 3. The molecule has 3 atom stereocenters. The lowest BCUT2D eigenvalue weighted by Gasteiger charge is -2.22. The van der Waals surface area contributed by atoms with E-state index in [1.165, 1.54) is 6.92 Å². The lowest BCUT2D eigenvalue weighted by atomic mass is 9.97. The van der Waals surface area contributed by atoms with E-state index in [0.717, 1.165) is 19.3 Å². The van der Waals surface area contributed by atoms with Crippen LogP contribution in [0.25, 0.3) is 0 Å². The number of aliphatic hydroxyl groups excluding tert-OH is 1. The molecule has 1 fully saturated rings. The van der Waals surface area contributed by atoms with E-state index in [4.69, 9.17) is 5.11 Å². The van der Waals surface area contributed by atoms with E-state index in [-0.39, 0.29) is 25.0 Å². The highest BCUT2D eigenvalue weighted by Gasteiger charge is 2.30. The first kappa shape index (κ1) is 12.5. The van der Waals surface area contributed by atoms with Gasteiger partial charge in [0.15, 0.2) is 0 Å². The molecule has 1 rings (SSSR count). The summed E-state index contributed by atoms with van der Waals surface area (Å²) >= 11 is 0. The topological polar surface area (TPSA) is 69.6 Å². The van der Waals surface area contributed by atoms with Gasteiger partial charge in [0.25, 0.3) is 0 Å². The third-order valence-electron chi connectivity index (χ3n) is 3.18. The highest BCUT2D eigenvalue weighted by Crippen LogP contribution is 2.31. The van der Waals surface area contributed by atoms with Crippen LogP contribution in [0.4, 0.5) is 0 Å². The summed E-state index contributed by atoms with van der Waals surface area (Å²) in [4.78, 5) is 11.7. The summed E-state index contributed by atoms with van der Waals surface area (Å²) < 4.78 is 0. The monoisotopic (exact) mass is 215 g/mol. The van der Waals surface area contributed by atoms with Crippen molar-refractivity contribution in [3.05, 3.63) is 0 Å². The van der Waals surface area contributed by atoms with Crippen molar-refractivity contribution in [3.8, 4) is 0 Å². The van der Waals surface area contributed by atoms with Crippen LogP contribution >= 0.6 is 0 Å². The molecule has 0 saturated heterocycles. The van der Waals surface area contributed by atoms with Gasteiger partial charge >= 0.3 is 0 Å². The Morgan fingerprint density at radius 3 is 2.67 bits per heavy atom. The molecule has 0 aromatic rings. The van der Waals surface area contributed by atoms with Crippen molar-refractivity contribution in [2.75, 3.05) is 13.2 Å². The van der Waals surface area contributed by atoms with Gasteiger partial charge in [-0.05, 0) is 25.7 Å². The second-order valence-electron chi connectivity index (χ2n) is 4.89. The van der Waals surface area contributed by atoms with Crippen molar-refractivity contribution in [3.63, 3.8) is 0 Å². The minimum absolute atomic E-state index is 0.00808. The lowest BCUT2D eigenvalue weighted by Crippen LogP contribution is -2.45. The molecule has 0 radical (unpaired) electrons. The van der Waals surface area contributed by atoms with Crippen molar-refractivity contribution in [1.29, 1.82) is 0 Å². The minimum Gasteiger partial charge on any atom is -0.393 e. The minimum atomic E-state index is -1.21. The van der Waals surface area contributed by atoms with E-state index in [9.17, 15) is 9.90 Å². The van der Waals surface area contributed by atoms with Gasteiger partial charge in [0, 0.05) is 12.5 Å². The summed E-state index contributed by atoms with van der Waals surface area (Å²) in [6.45, 7) is 3.37. The summed E-state index contributed by atoms with van der Waals surface area (Å²) in [5.74, 6) is 0.525. The maximum Gasteiger partial charge on any atom is 0.223 e. The zero-order chi connectivity index (χ0) is 11.5. The number of nitrogens with one attached hydrogen (secondary N) is 1. The van der Waals surface area contributed by atoms with Crippen molar-refractivity contribution >= 4 is 5.91 Å². The van der Waals surface area contributed by atoms with Crippen LogP contribution in [-0.2, 0) is 4.79 Å². The van der Waals surface area contributed by atoms with Crippen LogP contribution in [0.1, 0.15) is 33.1 Å². The van der Waals surface area contributed by atoms with Crippen molar-refractivity contribution < 1.29 is 15.0 Å². The number of rotatable bonds is 4. The summed E-state index contributed by atoms with van der Waals surface area (Å²) in [5.41, 5.74) is -1.21. The average Bonchev–Trinajstić information content (AvgIpc) is 2.61. The van der Waals surface area contributed by atoms with Crippen LogP contribution in [0.3, 0.4) is 0 Å². The molecule has 0 bridgehead atoms. The van der Waals surface area contributed by atoms with Crippen LogP contribution in [0.15, 0.2) is 0 Å². The maximum atomic E-state index is 11.7. The smallest absolute Gasteiger partial charge is 0.223 e. The maximum absolute atomic E-state index is 11.7. The fraction of sp³-hybridized carbons (Fsp3) is 0.909. The first-order valence-electron chi connectivity index (χ1n) is 5.57. The van der Waals surface area contributed by atoms with Crippen LogP contribution in [0.5, 0.6) is 0 Å². The van der Waals surface area contributed by atoms with Gasteiger partial charge in [-0.15, -0.1) is 0 Å². The Labute approximate surface area is 90.7 Å². The van der Waals surface area contributed by atoms with E-state index in [0.29, 0.717) is 5.92 Å². The fourth-order valence-corrected chi connectivity index (χ4v) is 2.00. The molecule has 0 aromatic carbocycles. The second kappa shape index (κ2) is 4.94. The summed E-state index contributed by atoms with van der Waals surface area (Å²) in [7, 11) is 0. The molecule has 4 heteroatoms. The first-order valence-corrected chi connectivity index (χ1v) is 5.57. The number of carbonyl (C=O) groups is 1. The summed E-state index contributed by atoms with van der Waals surface area (Å²) in [5, 5.41) is 21.0. The molecule has 3 N–H and O–H groups in total. The highest BCUT2D eigenvalue weighted by molar-refractivity contribution is 5.79. The number of carbonyl (C=O) groups excluding carboxylic acids is 1. The van der Waals surface area contributed by atoms with Crippen molar-refractivity contribution in [2.45, 2.75) is 38.7 Å². The molecule has 1 aliphatic rings. The largest absolute Gasteiger partial charge is 0.393 e. The zero-order valence-corrected chi connectivity index (χ0v) is 9.49. The molecule has 15 heavy (non-hydrogen) atoms. The van der Waals surface area contributed by atoms with Crippen LogP contribution in [0.2, 0.25) is 0 Å². The molecule has 0 heterocycles. The van der Waals surface area contributed by atoms with E-state index in [1.54, 1.807) is 0 Å². The van der Waals surface area contributed by atoms with Crippen LogP contribution in [0, 0.1) is 11.8 Å². The molecule has 0 aliphatic heterocycles. The standard InChI is InChI=1S/C11H21NO3/c1-8-4-3-5-9(8)10(14)12-6-11(2,15)7-13/h8-9,13,15H,3-7H2,1-2H3,(H,12,14). The Morgan fingerprint density at radius 1 is 1.53 bits per heavy atom. The molecule has 88 valence electrons. The molecular weight excluding hydrogens is 194 g/mol. The average molecular weight is 215 g/mol. The van der Waals surface area contributed by atoms with Crippen LogP contribution < -0.4 is 5.32 Å². The number of aliphatic hydroxyl groups is 2. The van der Waals surface area contributed by atoms with Gasteiger partial charge in [0.05, 0.1) is 6.61 Å². The second-order valence-corrected chi connectivity index (χ2v) is 4.89. The summed E-state index contributed by atoms with van der Waals surface area (Å²) in [6.07, 6.45) is 3.15. The highest BCUT2D eigenvalue weighted by atomic mass is 16.3. The van der Waals surface area contributed by atoms with Gasteiger partial charge in [0.2, 0.25) is 5.91 Å². The van der Waals surface area contributed by atoms with Crippen molar-refractivity contribution in [1.82, 2.24) is 5.32 Å². The van der Waals surface area contributed by atoms with Gasteiger partial charge in [-0.1, -0.05) is 13.3 Å². The summed E-state index contributed by atoms with van der Waals surface area (Å²) in [6, 6.07) is 0. The van der Waals surface area contributed by atoms with Gasteiger partial charge in [0.1, 0.15) is 5.60 Å². The number of amides is 1. The molecule has 3 unspecified atom stereocenters. The van der Waals surface area contributed by atoms with Crippen molar-refractivity contribution in [2.24, 2.45) is 11.8 Å². The fourth-order valence-electron chi connectivity index (χ4n) is 2.00. The predicted molar refractivity (Wildman–Crippen MR) is 57.2 cm³/mol. The lowest BCUT2D eigenvalue weighted by molar-refractivity contribution is -0.127. The molecule has 4 nitrogen and oxygen atoms in total. The van der Waals surface area contributed by atoms with Crippen LogP contribution in [-0.4, -0.2) is 34.9 Å². The van der Waals surface area contributed by atoms with Gasteiger partial charge in [-0.3, -0.25) is 4.79 Å². The molecule has 0 spiro atoms. The zero-order valence-electron chi connectivity index (χ0n) is 9.49. The third kappa shape index (κ3) is 3.47. The Kier molecular flexibility index (Phi) is 4.11. The molecule has 1 aliphatic carbocycles. The molecule has 1 amide bonds. The predicted octanol–water partition coefficient (Wildman–Crippen LogP) is 0.282. The van der Waals surface area contributed by atoms with E-state index in [1.807, 2.05) is 0 Å². The Bertz CT molecular complexity index is 228. The van der Waals surface area contributed by atoms with Gasteiger partial charge in [-0.2, -0.15) is 0 Å². The van der Waals surface area contributed by atoms with E-state index >= 15 is 0 Å². The number of hydrogen-bond acceptors (Lipinski definition) is 3. The Hall–Kier alpha value is -0.610. The normalized spacial score (nSPS) is 29.9. The quantitative estimate of drug-likeness (QED) is 0.631. The van der Waals surface area contributed by atoms with Gasteiger partial charge < -0.3 is 15.5 Å². The Morgan fingerprint density at radius 2 is 2.20 bits per heavy atom. The van der Waals surface area contributed by atoms with Gasteiger partial charge in [-0.25, -0.2) is 0 Å². The van der Waals surface area contributed by atoms with E-state index in [2.05, 4.69) is 12.2 Å². The molecule has 0 aromatic heterocycles.